The van der Waals surface area contributed by atoms with Crippen molar-refractivity contribution in [3.05, 3.63) is 18.1 Å². The Kier molecular flexibility index (Phi) is 3.94. The van der Waals surface area contributed by atoms with Crippen LogP contribution >= 0.6 is 0 Å². The van der Waals surface area contributed by atoms with Gasteiger partial charge in [-0.1, -0.05) is 13.8 Å². The van der Waals surface area contributed by atoms with E-state index in [1.54, 1.807) is 0 Å². The van der Waals surface area contributed by atoms with Crippen LogP contribution in [0.2, 0.25) is 0 Å². The van der Waals surface area contributed by atoms with Gasteiger partial charge in [0.1, 0.15) is 5.82 Å². The molecule has 1 aromatic heterocycles. The second kappa shape index (κ2) is 5.45. The lowest BCUT2D eigenvalue weighted by Gasteiger charge is -2.25. The van der Waals surface area contributed by atoms with Gasteiger partial charge in [-0.25, -0.2) is 4.98 Å². The third-order valence-electron chi connectivity index (χ3n) is 3.34. The minimum atomic E-state index is 0. The molecule has 0 amide bonds. The SMILES string of the molecule is CNC[C@H]1CCCN1c1cncc(C(C)C)n1.[HH]. The first kappa shape index (κ1) is 12.3. The van der Waals surface area contributed by atoms with Crippen LogP contribution in [0.25, 0.3) is 0 Å². The maximum absolute atomic E-state index is 4.72. The van der Waals surface area contributed by atoms with Crippen molar-refractivity contribution in [3.8, 4) is 0 Å². The van der Waals surface area contributed by atoms with Gasteiger partial charge in [-0.2, -0.15) is 0 Å². The van der Waals surface area contributed by atoms with Crippen LogP contribution in [0.4, 0.5) is 5.82 Å². The summed E-state index contributed by atoms with van der Waals surface area (Å²) in [4.78, 5) is 11.4. The Morgan fingerprint density at radius 1 is 1.53 bits per heavy atom. The molecule has 2 heterocycles. The van der Waals surface area contributed by atoms with E-state index in [0.29, 0.717) is 12.0 Å². The molecule has 0 aliphatic carbocycles. The van der Waals surface area contributed by atoms with Crippen molar-refractivity contribution in [1.29, 1.82) is 0 Å². The molecular weight excluding hydrogens is 212 g/mol. The molecule has 1 aromatic rings. The zero-order chi connectivity index (χ0) is 12.3. The van der Waals surface area contributed by atoms with Gasteiger partial charge in [0, 0.05) is 26.8 Å². The molecule has 0 radical (unpaired) electrons. The average molecular weight is 236 g/mol. The van der Waals surface area contributed by atoms with Gasteiger partial charge >= 0.3 is 0 Å². The fraction of sp³-hybridized carbons (Fsp3) is 0.692. The molecule has 0 unspecified atom stereocenters. The van der Waals surface area contributed by atoms with Gasteiger partial charge in [0.15, 0.2) is 0 Å². The smallest absolute Gasteiger partial charge is 0.147 e. The molecule has 4 nitrogen and oxygen atoms in total. The Morgan fingerprint density at radius 3 is 3.06 bits per heavy atom. The first-order chi connectivity index (χ1) is 8.22. The molecule has 4 heteroatoms. The highest BCUT2D eigenvalue weighted by atomic mass is 15.2. The lowest BCUT2D eigenvalue weighted by molar-refractivity contribution is 0.609. The van der Waals surface area contributed by atoms with E-state index < -0.39 is 0 Å². The molecule has 1 atom stereocenters. The summed E-state index contributed by atoms with van der Waals surface area (Å²) < 4.78 is 0. The number of nitrogens with zero attached hydrogens (tertiary/aromatic N) is 3. The van der Waals surface area contributed by atoms with E-state index in [-0.39, 0.29) is 1.43 Å². The lowest BCUT2D eigenvalue weighted by Crippen LogP contribution is -2.37. The molecule has 0 spiro atoms. The molecule has 0 saturated carbocycles. The molecule has 0 aromatic carbocycles. The van der Waals surface area contributed by atoms with Crippen molar-refractivity contribution < 1.29 is 1.43 Å². The first-order valence-corrected chi connectivity index (χ1v) is 6.45. The number of anilines is 1. The Hall–Kier alpha value is -1.16. The van der Waals surface area contributed by atoms with Crippen LogP contribution in [0.15, 0.2) is 12.4 Å². The minimum Gasteiger partial charge on any atom is -0.351 e. The number of likely N-dealkylation sites (N-methyl/N-ethyl adjacent to an activating group) is 1. The zero-order valence-corrected chi connectivity index (χ0v) is 11.0. The third kappa shape index (κ3) is 2.75. The quantitative estimate of drug-likeness (QED) is 0.868. The number of aromatic nitrogens is 2. The summed E-state index contributed by atoms with van der Waals surface area (Å²) in [7, 11) is 2.01. The van der Waals surface area contributed by atoms with E-state index in [0.717, 1.165) is 24.6 Å². The molecule has 17 heavy (non-hydrogen) atoms. The fourth-order valence-electron chi connectivity index (χ4n) is 2.37. The maximum atomic E-state index is 4.72. The first-order valence-electron chi connectivity index (χ1n) is 6.45. The van der Waals surface area contributed by atoms with Gasteiger partial charge in [0.25, 0.3) is 0 Å². The van der Waals surface area contributed by atoms with Crippen molar-refractivity contribution in [2.45, 2.75) is 38.6 Å². The highest BCUT2D eigenvalue weighted by molar-refractivity contribution is 5.39. The van der Waals surface area contributed by atoms with Gasteiger partial charge in [-0.3, -0.25) is 4.98 Å². The van der Waals surface area contributed by atoms with Crippen LogP contribution in [0.1, 0.15) is 39.7 Å². The normalized spacial score (nSPS) is 20.2. The molecule has 1 aliphatic rings. The van der Waals surface area contributed by atoms with E-state index in [4.69, 9.17) is 4.98 Å². The molecule has 0 bridgehead atoms. The molecule has 96 valence electrons. The summed E-state index contributed by atoms with van der Waals surface area (Å²) in [6.07, 6.45) is 6.26. The van der Waals surface area contributed by atoms with Gasteiger partial charge in [-0.05, 0) is 25.8 Å². The zero-order valence-electron chi connectivity index (χ0n) is 11.0. The van der Waals surface area contributed by atoms with Crippen molar-refractivity contribution in [3.63, 3.8) is 0 Å². The Bertz CT molecular complexity index is 370. The van der Waals surface area contributed by atoms with Crippen molar-refractivity contribution in [2.24, 2.45) is 0 Å². The van der Waals surface area contributed by atoms with Crippen LogP contribution in [0, 0.1) is 0 Å². The maximum Gasteiger partial charge on any atom is 0.147 e. The summed E-state index contributed by atoms with van der Waals surface area (Å²) in [6.45, 7) is 6.43. The topological polar surface area (TPSA) is 41.0 Å². The van der Waals surface area contributed by atoms with Gasteiger partial charge in [0.2, 0.25) is 0 Å². The number of nitrogens with one attached hydrogen (secondary N) is 1. The van der Waals surface area contributed by atoms with Crippen LogP contribution in [-0.2, 0) is 0 Å². The highest BCUT2D eigenvalue weighted by Gasteiger charge is 2.25. The van der Waals surface area contributed by atoms with Crippen LogP contribution < -0.4 is 10.2 Å². The van der Waals surface area contributed by atoms with Gasteiger partial charge in [-0.15, -0.1) is 0 Å². The van der Waals surface area contributed by atoms with E-state index in [2.05, 4.69) is 29.0 Å². The predicted octanol–water partition coefficient (Wildman–Crippen LogP) is 2.03. The molecule has 2 rings (SSSR count). The van der Waals surface area contributed by atoms with Crippen LogP contribution in [0.3, 0.4) is 0 Å². The Balaban J connectivity index is 0.00000162. The summed E-state index contributed by atoms with van der Waals surface area (Å²) in [5.41, 5.74) is 1.08. The van der Waals surface area contributed by atoms with Crippen LogP contribution in [0.5, 0.6) is 0 Å². The largest absolute Gasteiger partial charge is 0.351 e. The van der Waals surface area contributed by atoms with E-state index in [9.17, 15) is 0 Å². The Morgan fingerprint density at radius 2 is 2.35 bits per heavy atom. The lowest BCUT2D eigenvalue weighted by atomic mass is 10.1. The predicted molar refractivity (Wildman–Crippen MR) is 72.5 cm³/mol. The minimum absolute atomic E-state index is 0. The van der Waals surface area contributed by atoms with Crippen molar-refractivity contribution in [1.82, 2.24) is 15.3 Å². The number of rotatable bonds is 4. The third-order valence-corrected chi connectivity index (χ3v) is 3.34. The fourth-order valence-corrected chi connectivity index (χ4v) is 2.37. The average Bonchev–Trinajstić information content (AvgIpc) is 2.78. The highest BCUT2D eigenvalue weighted by Crippen LogP contribution is 2.24. The van der Waals surface area contributed by atoms with E-state index in [1.165, 1.54) is 12.8 Å². The summed E-state index contributed by atoms with van der Waals surface area (Å²) in [6, 6.07) is 0.566. The molecular formula is C13H24N4. The van der Waals surface area contributed by atoms with E-state index >= 15 is 0 Å². The second-order valence-electron chi connectivity index (χ2n) is 5.00. The Labute approximate surface area is 105 Å². The van der Waals surface area contributed by atoms with Gasteiger partial charge < -0.3 is 10.2 Å². The number of hydrogen-bond acceptors (Lipinski definition) is 4. The molecule has 1 N–H and O–H groups in total. The standard InChI is InChI=1S/C13H22N4.H2/c1-10(2)12-8-15-9-13(16-12)17-6-4-5-11(17)7-14-3;/h8-11,14H,4-7H2,1-3H3;1H/t11-;/m1./s1. The van der Waals surface area contributed by atoms with E-state index in [1.807, 2.05) is 19.4 Å². The molecule has 1 aliphatic heterocycles. The summed E-state index contributed by atoms with van der Waals surface area (Å²) in [5.74, 6) is 1.47. The summed E-state index contributed by atoms with van der Waals surface area (Å²) in [5, 5.41) is 3.26. The van der Waals surface area contributed by atoms with Gasteiger partial charge in [0.05, 0.1) is 11.9 Å². The van der Waals surface area contributed by atoms with Crippen LogP contribution in [-0.4, -0.2) is 36.1 Å². The second-order valence-corrected chi connectivity index (χ2v) is 5.00. The molecule has 1 saturated heterocycles. The van der Waals surface area contributed by atoms with Crippen molar-refractivity contribution >= 4 is 5.82 Å². The molecule has 1 fully saturated rings. The number of hydrogen-bond donors (Lipinski definition) is 1. The monoisotopic (exact) mass is 236 g/mol. The van der Waals surface area contributed by atoms with Crippen molar-refractivity contribution in [2.75, 3.05) is 25.0 Å². The summed E-state index contributed by atoms with van der Waals surface area (Å²) >= 11 is 0.